The minimum Gasteiger partial charge on any atom is -0.497 e. The summed E-state index contributed by atoms with van der Waals surface area (Å²) in [5.41, 5.74) is 4.70. The van der Waals surface area contributed by atoms with Gasteiger partial charge in [0.25, 0.3) is 5.91 Å². The highest BCUT2D eigenvalue weighted by molar-refractivity contribution is 6.06. The molecule has 6 heteroatoms. The van der Waals surface area contributed by atoms with Gasteiger partial charge in [-0.3, -0.25) is 4.79 Å². The molecule has 2 heterocycles. The van der Waals surface area contributed by atoms with Gasteiger partial charge in [-0.15, -0.1) is 0 Å². The lowest BCUT2D eigenvalue weighted by molar-refractivity contribution is -0.900. The van der Waals surface area contributed by atoms with Gasteiger partial charge in [0.2, 0.25) is 0 Å². The summed E-state index contributed by atoms with van der Waals surface area (Å²) in [5.74, 6) is 1.13. The van der Waals surface area contributed by atoms with Gasteiger partial charge >= 0.3 is 0 Å². The van der Waals surface area contributed by atoms with Crippen LogP contribution in [0, 0.1) is 5.92 Å². The Balaban J connectivity index is 1.49. The summed E-state index contributed by atoms with van der Waals surface area (Å²) < 4.78 is 10.8. The van der Waals surface area contributed by atoms with E-state index in [4.69, 9.17) is 14.6 Å². The molecule has 2 aromatic carbocycles. The SMILES string of the molecule is COc1ccc([C@H]2[C@@H]3CCc4ccccc4C3=NN2C(=O)C[NH+]2CCOCC2)cc1. The minimum atomic E-state index is -0.0628. The lowest BCUT2D eigenvalue weighted by Crippen LogP contribution is -3.15. The predicted octanol–water partition coefficient (Wildman–Crippen LogP) is 1.46. The highest BCUT2D eigenvalue weighted by Gasteiger charge is 2.44. The normalized spacial score (nSPS) is 23.5. The lowest BCUT2D eigenvalue weighted by Gasteiger charge is -2.30. The second-order valence-corrected chi connectivity index (χ2v) is 8.28. The molecule has 2 atom stereocenters. The zero-order valence-electron chi connectivity index (χ0n) is 17.3. The van der Waals surface area contributed by atoms with E-state index in [-0.39, 0.29) is 17.9 Å². The topological polar surface area (TPSA) is 55.6 Å². The van der Waals surface area contributed by atoms with Crippen molar-refractivity contribution in [3.63, 3.8) is 0 Å². The molecule has 3 aliphatic rings. The Kier molecular flexibility index (Phi) is 5.27. The molecule has 1 aliphatic carbocycles. The van der Waals surface area contributed by atoms with Crippen LogP contribution >= 0.6 is 0 Å². The Morgan fingerprint density at radius 2 is 1.93 bits per heavy atom. The molecule has 5 rings (SSSR count). The van der Waals surface area contributed by atoms with Gasteiger partial charge in [-0.1, -0.05) is 36.4 Å². The van der Waals surface area contributed by atoms with Crippen molar-refractivity contribution >= 4 is 11.6 Å². The van der Waals surface area contributed by atoms with Gasteiger partial charge in [0.05, 0.1) is 32.1 Å². The number of fused-ring (bicyclic) bond motifs is 3. The molecule has 1 amide bonds. The number of carbonyl (C=O) groups is 1. The number of quaternary nitrogens is 1. The van der Waals surface area contributed by atoms with Crippen LogP contribution in [0.5, 0.6) is 5.75 Å². The zero-order valence-corrected chi connectivity index (χ0v) is 17.3. The molecule has 0 unspecified atom stereocenters. The zero-order chi connectivity index (χ0) is 20.5. The molecule has 0 saturated carbocycles. The number of hydrogen-bond acceptors (Lipinski definition) is 4. The number of methoxy groups -OCH3 is 1. The van der Waals surface area contributed by atoms with Gasteiger partial charge in [-0.2, -0.15) is 5.10 Å². The molecule has 2 aromatic rings. The van der Waals surface area contributed by atoms with E-state index in [1.807, 2.05) is 12.1 Å². The standard InChI is InChI=1S/C24H27N3O3/c1-29-19-9-6-18(7-10-19)24-21-11-8-17-4-2-3-5-20(17)23(21)25-27(24)22(28)16-26-12-14-30-15-13-26/h2-7,9-10,21,24H,8,11-16H2,1H3/p+1/t21-,24+/m1/s1. The molecule has 156 valence electrons. The van der Waals surface area contributed by atoms with Gasteiger partial charge in [-0.05, 0) is 36.1 Å². The average Bonchev–Trinajstić information content (AvgIpc) is 3.20. The summed E-state index contributed by atoms with van der Waals surface area (Å²) in [4.78, 5) is 14.7. The number of morpholine rings is 1. The number of amides is 1. The Bertz CT molecular complexity index is 950. The molecule has 0 bridgehead atoms. The molecule has 2 aliphatic heterocycles. The van der Waals surface area contributed by atoms with Crippen LogP contribution in [0.4, 0.5) is 0 Å². The fourth-order valence-corrected chi connectivity index (χ4v) is 4.94. The summed E-state index contributed by atoms with van der Waals surface area (Å²) >= 11 is 0. The van der Waals surface area contributed by atoms with Crippen LogP contribution in [0.3, 0.4) is 0 Å². The average molecular weight is 407 g/mol. The van der Waals surface area contributed by atoms with Crippen molar-refractivity contribution in [2.24, 2.45) is 11.0 Å². The third-order valence-corrected chi connectivity index (χ3v) is 6.54. The minimum absolute atomic E-state index is 0.0628. The quantitative estimate of drug-likeness (QED) is 0.837. The van der Waals surface area contributed by atoms with Crippen molar-refractivity contribution in [3.05, 3.63) is 65.2 Å². The van der Waals surface area contributed by atoms with E-state index < -0.39 is 0 Å². The number of rotatable bonds is 4. The summed E-state index contributed by atoms with van der Waals surface area (Å²) in [7, 11) is 1.67. The van der Waals surface area contributed by atoms with E-state index in [1.165, 1.54) is 16.0 Å². The third-order valence-electron chi connectivity index (χ3n) is 6.54. The van der Waals surface area contributed by atoms with Crippen LogP contribution in [0.2, 0.25) is 0 Å². The highest BCUT2D eigenvalue weighted by atomic mass is 16.5. The van der Waals surface area contributed by atoms with E-state index in [2.05, 4.69) is 36.4 Å². The highest BCUT2D eigenvalue weighted by Crippen LogP contribution is 2.43. The summed E-state index contributed by atoms with van der Waals surface area (Å²) in [6.45, 7) is 3.64. The molecule has 1 saturated heterocycles. The molecule has 0 aromatic heterocycles. The number of nitrogens with one attached hydrogen (secondary N) is 1. The first kappa shape index (κ1) is 19.3. The first-order valence-electron chi connectivity index (χ1n) is 10.8. The maximum absolute atomic E-state index is 13.4. The van der Waals surface area contributed by atoms with Crippen molar-refractivity contribution in [2.75, 3.05) is 40.0 Å². The Morgan fingerprint density at radius 3 is 2.70 bits per heavy atom. The van der Waals surface area contributed by atoms with Crippen LogP contribution < -0.4 is 9.64 Å². The second-order valence-electron chi connectivity index (χ2n) is 8.28. The summed E-state index contributed by atoms with van der Waals surface area (Å²) in [6, 6.07) is 16.5. The van der Waals surface area contributed by atoms with Crippen LogP contribution in [-0.2, 0) is 16.0 Å². The fraction of sp³-hybridized carbons (Fsp3) is 0.417. The molecule has 0 spiro atoms. The molecule has 1 N–H and O–H groups in total. The van der Waals surface area contributed by atoms with Gasteiger partial charge in [-0.25, -0.2) is 5.01 Å². The van der Waals surface area contributed by atoms with Gasteiger partial charge in [0.1, 0.15) is 18.8 Å². The smallest absolute Gasteiger partial charge is 0.298 e. The molecule has 30 heavy (non-hydrogen) atoms. The third kappa shape index (κ3) is 3.50. The Hall–Kier alpha value is -2.70. The van der Waals surface area contributed by atoms with Crippen LogP contribution in [0.25, 0.3) is 0 Å². The van der Waals surface area contributed by atoms with Crippen molar-refractivity contribution < 1.29 is 19.2 Å². The summed E-state index contributed by atoms with van der Waals surface area (Å²) in [6.07, 6.45) is 2.02. The van der Waals surface area contributed by atoms with E-state index in [9.17, 15) is 4.79 Å². The monoisotopic (exact) mass is 406 g/mol. The van der Waals surface area contributed by atoms with E-state index >= 15 is 0 Å². The van der Waals surface area contributed by atoms with Crippen molar-refractivity contribution in [1.82, 2.24) is 5.01 Å². The fourth-order valence-electron chi connectivity index (χ4n) is 4.94. The number of benzene rings is 2. The first-order valence-corrected chi connectivity index (χ1v) is 10.8. The van der Waals surface area contributed by atoms with Crippen LogP contribution in [0.1, 0.15) is 29.2 Å². The molecular formula is C24H28N3O3+. The number of carbonyl (C=O) groups excluding carboxylic acids is 1. The van der Waals surface area contributed by atoms with E-state index in [1.54, 1.807) is 12.1 Å². The largest absolute Gasteiger partial charge is 0.497 e. The molecule has 1 fully saturated rings. The predicted molar refractivity (Wildman–Crippen MR) is 114 cm³/mol. The van der Waals surface area contributed by atoms with Crippen molar-refractivity contribution in [2.45, 2.75) is 18.9 Å². The van der Waals surface area contributed by atoms with Gasteiger partial charge < -0.3 is 14.4 Å². The summed E-state index contributed by atoms with van der Waals surface area (Å²) in [5, 5.41) is 6.71. The molecule has 0 radical (unpaired) electrons. The Labute approximate surface area is 177 Å². The Morgan fingerprint density at radius 1 is 1.17 bits per heavy atom. The lowest BCUT2D eigenvalue weighted by atomic mass is 9.77. The van der Waals surface area contributed by atoms with Crippen LogP contribution in [-0.4, -0.2) is 56.6 Å². The van der Waals surface area contributed by atoms with Crippen molar-refractivity contribution in [1.29, 1.82) is 0 Å². The maximum Gasteiger partial charge on any atom is 0.298 e. The number of aryl methyl sites for hydroxylation is 1. The first-order chi connectivity index (χ1) is 14.7. The molecular weight excluding hydrogens is 378 g/mol. The van der Waals surface area contributed by atoms with Gasteiger partial charge in [0.15, 0.2) is 6.54 Å². The number of hydrazone groups is 1. The number of hydrogen-bond donors (Lipinski definition) is 1. The van der Waals surface area contributed by atoms with Crippen molar-refractivity contribution in [3.8, 4) is 5.75 Å². The van der Waals surface area contributed by atoms with E-state index in [0.717, 1.165) is 56.2 Å². The van der Waals surface area contributed by atoms with E-state index in [0.29, 0.717) is 6.54 Å². The maximum atomic E-state index is 13.4. The number of ether oxygens (including phenoxy) is 2. The number of nitrogens with zero attached hydrogens (tertiary/aromatic N) is 2. The van der Waals surface area contributed by atoms with Crippen LogP contribution in [0.15, 0.2) is 53.6 Å². The van der Waals surface area contributed by atoms with Gasteiger partial charge in [0, 0.05) is 11.5 Å². The second kappa shape index (κ2) is 8.20. The molecule has 6 nitrogen and oxygen atoms in total.